The fourth-order valence-electron chi connectivity index (χ4n) is 3.57. The maximum atomic E-state index is 5.87. The first-order valence-corrected chi connectivity index (χ1v) is 8.43. The van der Waals surface area contributed by atoms with Crippen molar-refractivity contribution in [1.82, 2.24) is 4.90 Å². The van der Waals surface area contributed by atoms with E-state index in [-0.39, 0.29) is 0 Å². The molecule has 0 aromatic heterocycles. The third-order valence-corrected chi connectivity index (χ3v) is 4.84. The van der Waals surface area contributed by atoms with Gasteiger partial charge < -0.3 is 9.64 Å². The molecular formula is C18H28N2O. The number of piperidine rings is 1. The Balaban J connectivity index is 1.47. The second kappa shape index (κ2) is 7.28. The van der Waals surface area contributed by atoms with Crippen molar-refractivity contribution in [3.63, 3.8) is 0 Å². The largest absolute Gasteiger partial charge is 0.492 e. The van der Waals surface area contributed by atoms with Crippen molar-refractivity contribution in [1.29, 1.82) is 0 Å². The van der Waals surface area contributed by atoms with E-state index in [4.69, 9.17) is 4.74 Å². The van der Waals surface area contributed by atoms with Crippen LogP contribution in [0.3, 0.4) is 0 Å². The smallest absolute Gasteiger partial charge is 0.119 e. The quantitative estimate of drug-likeness (QED) is 0.831. The average molecular weight is 288 g/mol. The van der Waals surface area contributed by atoms with E-state index in [0.29, 0.717) is 5.92 Å². The van der Waals surface area contributed by atoms with E-state index in [1.807, 2.05) is 0 Å². The topological polar surface area (TPSA) is 16.9 Å². The van der Waals surface area contributed by atoms with Gasteiger partial charge in [0.25, 0.3) is 0 Å². The predicted molar refractivity (Wildman–Crippen MR) is 85.6 cm³/mol. The highest BCUT2D eigenvalue weighted by Crippen LogP contribution is 2.23. The Labute approximate surface area is 128 Å². The standard InChI is InChI=1S/C18H28N2O/c1-19-10-4-5-17(15-19)16-6-8-18(9-7-16)21-14-13-20-11-2-3-12-20/h6-9,17,19H,1-5,10-15H2. The number of hydrogen-bond acceptors (Lipinski definition) is 2. The zero-order valence-electron chi connectivity index (χ0n) is 13.0. The van der Waals surface area contributed by atoms with Gasteiger partial charge in [0.05, 0.1) is 13.1 Å². The van der Waals surface area contributed by atoms with Crippen molar-refractivity contribution in [2.24, 2.45) is 0 Å². The molecule has 0 spiro atoms. The van der Waals surface area contributed by atoms with Gasteiger partial charge in [-0.1, -0.05) is 12.1 Å². The van der Waals surface area contributed by atoms with Crippen LogP contribution in [0, 0.1) is 7.05 Å². The molecule has 0 radical (unpaired) electrons. The highest BCUT2D eigenvalue weighted by Gasteiger charge is 2.19. The highest BCUT2D eigenvalue weighted by atomic mass is 16.5. The van der Waals surface area contributed by atoms with E-state index < -0.39 is 0 Å². The van der Waals surface area contributed by atoms with E-state index in [9.17, 15) is 0 Å². The SMILES string of the molecule is [CH2-][NH+]1CCCC(c2ccc(OCCN3CCCC3)cc2)C1. The molecule has 21 heavy (non-hydrogen) atoms. The fraction of sp³-hybridized carbons (Fsp3) is 0.611. The van der Waals surface area contributed by atoms with Crippen LogP contribution in [0.15, 0.2) is 24.3 Å². The molecule has 1 aromatic rings. The number of rotatable bonds is 5. The minimum atomic E-state index is 0.671. The minimum Gasteiger partial charge on any atom is -0.492 e. The third-order valence-electron chi connectivity index (χ3n) is 4.84. The van der Waals surface area contributed by atoms with Gasteiger partial charge in [0, 0.05) is 12.5 Å². The van der Waals surface area contributed by atoms with Gasteiger partial charge in [-0.25, -0.2) is 0 Å². The summed E-state index contributed by atoms with van der Waals surface area (Å²) >= 11 is 0. The minimum absolute atomic E-state index is 0.671. The van der Waals surface area contributed by atoms with Crippen LogP contribution < -0.4 is 9.64 Å². The number of quaternary nitrogens is 1. The van der Waals surface area contributed by atoms with Crippen LogP contribution in [0.2, 0.25) is 0 Å². The zero-order chi connectivity index (χ0) is 14.5. The molecule has 3 nitrogen and oxygen atoms in total. The second-order valence-corrected chi connectivity index (χ2v) is 6.51. The van der Waals surface area contributed by atoms with Crippen LogP contribution >= 0.6 is 0 Å². The van der Waals surface area contributed by atoms with Crippen molar-refractivity contribution < 1.29 is 9.64 Å². The maximum Gasteiger partial charge on any atom is 0.119 e. The summed E-state index contributed by atoms with van der Waals surface area (Å²) in [5, 5.41) is 0. The first-order chi connectivity index (χ1) is 10.3. The lowest BCUT2D eigenvalue weighted by Crippen LogP contribution is -3.08. The summed E-state index contributed by atoms with van der Waals surface area (Å²) < 4.78 is 5.87. The predicted octanol–water partition coefficient (Wildman–Crippen LogP) is 1.72. The number of ether oxygens (including phenoxy) is 1. The van der Waals surface area contributed by atoms with Gasteiger partial charge in [-0.15, -0.1) is 0 Å². The van der Waals surface area contributed by atoms with Crippen LogP contribution in [0.1, 0.15) is 37.2 Å². The molecule has 116 valence electrons. The van der Waals surface area contributed by atoms with Gasteiger partial charge in [-0.3, -0.25) is 4.90 Å². The number of hydrogen-bond donors (Lipinski definition) is 1. The lowest BCUT2D eigenvalue weighted by Gasteiger charge is -2.32. The molecule has 2 fully saturated rings. The summed E-state index contributed by atoms with van der Waals surface area (Å²) in [6.07, 6.45) is 5.29. The van der Waals surface area contributed by atoms with E-state index in [1.165, 1.54) is 55.8 Å². The second-order valence-electron chi connectivity index (χ2n) is 6.51. The molecule has 0 amide bonds. The van der Waals surface area contributed by atoms with Crippen LogP contribution in [0.5, 0.6) is 5.75 Å². The van der Waals surface area contributed by atoms with Crippen LogP contribution in [0.25, 0.3) is 0 Å². The lowest BCUT2D eigenvalue weighted by atomic mass is 9.91. The molecule has 0 bridgehead atoms. The summed E-state index contributed by atoms with van der Waals surface area (Å²) in [7, 11) is 4.16. The number of nitrogens with one attached hydrogen (secondary N) is 1. The molecule has 0 aliphatic carbocycles. The monoisotopic (exact) mass is 288 g/mol. The van der Waals surface area contributed by atoms with E-state index in [1.54, 1.807) is 0 Å². The average Bonchev–Trinajstić information content (AvgIpc) is 3.01. The molecule has 2 unspecified atom stereocenters. The summed E-state index contributed by atoms with van der Waals surface area (Å²) in [6.45, 7) is 6.73. The summed E-state index contributed by atoms with van der Waals surface area (Å²) in [5.41, 5.74) is 1.45. The van der Waals surface area contributed by atoms with Crippen molar-refractivity contribution in [2.75, 3.05) is 39.3 Å². The molecule has 3 rings (SSSR count). The van der Waals surface area contributed by atoms with Gasteiger partial charge >= 0.3 is 0 Å². The molecule has 2 saturated heterocycles. The van der Waals surface area contributed by atoms with Gasteiger partial charge in [0.1, 0.15) is 12.4 Å². The van der Waals surface area contributed by atoms with Gasteiger partial charge in [-0.2, -0.15) is 7.05 Å². The Hall–Kier alpha value is -1.06. The summed E-state index contributed by atoms with van der Waals surface area (Å²) in [4.78, 5) is 3.90. The Kier molecular flexibility index (Phi) is 5.15. The zero-order valence-corrected chi connectivity index (χ0v) is 13.0. The highest BCUT2D eigenvalue weighted by molar-refractivity contribution is 5.29. The number of benzene rings is 1. The Morgan fingerprint density at radius 1 is 1.14 bits per heavy atom. The van der Waals surface area contributed by atoms with E-state index in [0.717, 1.165) is 25.4 Å². The Morgan fingerprint density at radius 2 is 1.90 bits per heavy atom. The van der Waals surface area contributed by atoms with Crippen molar-refractivity contribution in [3.05, 3.63) is 36.9 Å². The summed E-state index contributed by atoms with van der Waals surface area (Å²) in [6, 6.07) is 8.76. The molecule has 0 saturated carbocycles. The van der Waals surface area contributed by atoms with E-state index >= 15 is 0 Å². The fourth-order valence-corrected chi connectivity index (χ4v) is 3.57. The normalized spacial score (nSPS) is 26.9. The first kappa shape index (κ1) is 14.9. The molecule has 1 N–H and O–H groups in total. The molecule has 2 aliphatic rings. The Bertz CT molecular complexity index is 425. The van der Waals surface area contributed by atoms with E-state index in [2.05, 4.69) is 36.2 Å². The molecular weight excluding hydrogens is 260 g/mol. The molecule has 3 heteroatoms. The van der Waals surface area contributed by atoms with Crippen LogP contribution in [-0.4, -0.2) is 44.2 Å². The molecule has 2 heterocycles. The first-order valence-electron chi connectivity index (χ1n) is 8.43. The van der Waals surface area contributed by atoms with Gasteiger partial charge in [-0.05, 0) is 56.5 Å². The molecule has 2 atom stereocenters. The molecule has 2 aliphatic heterocycles. The van der Waals surface area contributed by atoms with Crippen molar-refractivity contribution in [2.45, 2.75) is 31.6 Å². The van der Waals surface area contributed by atoms with Crippen molar-refractivity contribution in [3.8, 4) is 5.75 Å². The van der Waals surface area contributed by atoms with Gasteiger partial charge in [0.2, 0.25) is 0 Å². The van der Waals surface area contributed by atoms with Gasteiger partial charge in [0.15, 0.2) is 0 Å². The lowest BCUT2D eigenvalue weighted by molar-refractivity contribution is -0.860. The maximum absolute atomic E-state index is 5.87. The number of nitrogens with zero attached hydrogens (tertiary/aromatic N) is 1. The third kappa shape index (κ3) is 4.21. The number of likely N-dealkylation sites (tertiary alicyclic amines) is 2. The summed E-state index contributed by atoms with van der Waals surface area (Å²) in [5.74, 6) is 1.68. The Morgan fingerprint density at radius 3 is 2.62 bits per heavy atom. The molecule has 1 aromatic carbocycles. The van der Waals surface area contributed by atoms with Crippen LogP contribution in [0.4, 0.5) is 0 Å². The van der Waals surface area contributed by atoms with Crippen molar-refractivity contribution >= 4 is 0 Å². The van der Waals surface area contributed by atoms with Crippen LogP contribution in [-0.2, 0) is 0 Å².